The molecule has 5 nitrogen and oxygen atoms in total. The molecule has 0 saturated carbocycles. The van der Waals surface area contributed by atoms with Crippen LogP contribution in [0.15, 0.2) is 34.4 Å². The van der Waals surface area contributed by atoms with E-state index in [-0.39, 0.29) is 17.3 Å². The van der Waals surface area contributed by atoms with Crippen molar-refractivity contribution in [3.8, 4) is 11.5 Å². The Morgan fingerprint density at radius 3 is 2.39 bits per heavy atom. The summed E-state index contributed by atoms with van der Waals surface area (Å²) in [6.07, 6.45) is 6.08. The highest BCUT2D eigenvalue weighted by molar-refractivity contribution is 6.14. The molecule has 0 aliphatic carbocycles. The Kier molecular flexibility index (Phi) is 6.57. The Bertz CT molecular complexity index is 857. The van der Waals surface area contributed by atoms with E-state index in [1.807, 2.05) is 13.0 Å². The zero-order valence-corrected chi connectivity index (χ0v) is 17.0. The van der Waals surface area contributed by atoms with Gasteiger partial charge >= 0.3 is 0 Å². The SMILES string of the molecule is CCCC[NH+](CCCC)Cc1c([O-])ccc2c1O/C(=C\c1ccc(C)o1)C2=O. The van der Waals surface area contributed by atoms with Gasteiger partial charge in [0.15, 0.2) is 5.76 Å². The molecule has 150 valence electrons. The molecule has 1 N–H and O–H groups in total. The molecule has 28 heavy (non-hydrogen) atoms. The second-order valence-electron chi connectivity index (χ2n) is 7.44. The van der Waals surface area contributed by atoms with Gasteiger partial charge in [-0.05, 0) is 38.0 Å². The van der Waals surface area contributed by atoms with Crippen LogP contribution in [0, 0.1) is 6.92 Å². The van der Waals surface area contributed by atoms with E-state index < -0.39 is 0 Å². The lowest BCUT2D eigenvalue weighted by Gasteiger charge is -2.23. The molecule has 2 heterocycles. The number of fused-ring (bicyclic) bond motifs is 1. The fraction of sp³-hybridized carbons (Fsp3) is 0.435. The van der Waals surface area contributed by atoms with Crippen LogP contribution in [0.2, 0.25) is 0 Å². The summed E-state index contributed by atoms with van der Waals surface area (Å²) in [4.78, 5) is 14.1. The number of aryl methyl sites for hydroxylation is 1. The van der Waals surface area contributed by atoms with Gasteiger partial charge in [0.1, 0.15) is 23.8 Å². The van der Waals surface area contributed by atoms with E-state index in [2.05, 4.69) is 13.8 Å². The van der Waals surface area contributed by atoms with Crippen molar-refractivity contribution in [2.45, 2.75) is 53.0 Å². The molecular weight excluding hydrogens is 354 g/mol. The summed E-state index contributed by atoms with van der Waals surface area (Å²) < 4.78 is 11.4. The van der Waals surface area contributed by atoms with E-state index >= 15 is 0 Å². The maximum Gasteiger partial charge on any atom is 0.232 e. The highest BCUT2D eigenvalue weighted by Gasteiger charge is 2.31. The smallest absolute Gasteiger partial charge is 0.232 e. The highest BCUT2D eigenvalue weighted by Crippen LogP contribution is 2.38. The van der Waals surface area contributed by atoms with Gasteiger partial charge in [0.25, 0.3) is 0 Å². The second-order valence-corrected chi connectivity index (χ2v) is 7.44. The standard InChI is InChI=1S/C23H29NO4/c1-4-6-12-24(13-7-5-2)15-19-20(25)11-10-18-22(26)21(28-23(18)19)14-17-9-8-16(3)27-17/h8-11,14,25H,4-7,12-13,15H2,1-3H3/b21-14-. The second kappa shape index (κ2) is 9.11. The van der Waals surface area contributed by atoms with Crippen LogP contribution in [0.25, 0.3) is 6.08 Å². The molecule has 0 radical (unpaired) electrons. The van der Waals surface area contributed by atoms with Crippen LogP contribution in [-0.4, -0.2) is 18.9 Å². The van der Waals surface area contributed by atoms with Gasteiger partial charge in [-0.25, -0.2) is 0 Å². The number of hydrogen-bond acceptors (Lipinski definition) is 4. The van der Waals surface area contributed by atoms with Crippen molar-refractivity contribution in [2.75, 3.05) is 13.1 Å². The van der Waals surface area contributed by atoms with E-state index in [9.17, 15) is 9.90 Å². The first kappa shape index (κ1) is 20.2. The van der Waals surface area contributed by atoms with Crippen molar-refractivity contribution in [3.63, 3.8) is 0 Å². The number of furan rings is 1. The fourth-order valence-corrected chi connectivity index (χ4v) is 3.52. The topological polar surface area (TPSA) is 66.9 Å². The minimum Gasteiger partial charge on any atom is -0.872 e. The number of unbranched alkanes of at least 4 members (excludes halogenated alkanes) is 2. The lowest BCUT2D eigenvalue weighted by molar-refractivity contribution is -0.914. The van der Waals surface area contributed by atoms with Crippen LogP contribution in [0.3, 0.4) is 0 Å². The molecule has 1 aromatic carbocycles. The van der Waals surface area contributed by atoms with Crippen LogP contribution in [0.1, 0.15) is 67.0 Å². The normalized spacial score (nSPS) is 14.7. The van der Waals surface area contributed by atoms with Crippen LogP contribution >= 0.6 is 0 Å². The summed E-state index contributed by atoms with van der Waals surface area (Å²) in [5, 5.41) is 12.6. The van der Waals surface area contributed by atoms with Crippen LogP contribution in [0.4, 0.5) is 0 Å². The van der Waals surface area contributed by atoms with Gasteiger partial charge < -0.3 is 19.2 Å². The van der Waals surface area contributed by atoms with E-state index in [1.54, 1.807) is 18.2 Å². The number of carbonyl (C=O) groups is 1. The number of rotatable bonds is 9. The molecule has 5 heteroatoms. The van der Waals surface area contributed by atoms with Crippen LogP contribution in [0.5, 0.6) is 11.5 Å². The average Bonchev–Trinajstić information content (AvgIpc) is 3.23. The summed E-state index contributed by atoms with van der Waals surface area (Å²) in [5.74, 6) is 1.71. The number of nitrogens with one attached hydrogen (secondary N) is 1. The molecule has 2 aromatic rings. The van der Waals surface area contributed by atoms with Gasteiger partial charge in [-0.3, -0.25) is 4.79 Å². The van der Waals surface area contributed by atoms with Gasteiger partial charge in [0, 0.05) is 11.6 Å². The largest absolute Gasteiger partial charge is 0.872 e. The van der Waals surface area contributed by atoms with Crippen molar-refractivity contribution >= 4 is 11.9 Å². The Hall–Kier alpha value is -2.53. The number of hydrogen-bond donors (Lipinski definition) is 1. The molecule has 0 unspecified atom stereocenters. The Morgan fingerprint density at radius 1 is 1.07 bits per heavy atom. The molecule has 3 rings (SSSR count). The van der Waals surface area contributed by atoms with Crippen molar-refractivity contribution < 1.29 is 24.0 Å². The third kappa shape index (κ3) is 4.47. The summed E-state index contributed by atoms with van der Waals surface area (Å²) in [6, 6.07) is 6.70. The molecule has 0 saturated heterocycles. The van der Waals surface area contributed by atoms with Gasteiger partial charge in [0.05, 0.1) is 18.7 Å². The first-order valence-electron chi connectivity index (χ1n) is 10.2. The van der Waals surface area contributed by atoms with E-state index in [1.165, 1.54) is 11.0 Å². The average molecular weight is 383 g/mol. The zero-order chi connectivity index (χ0) is 20.1. The van der Waals surface area contributed by atoms with Crippen molar-refractivity contribution in [1.29, 1.82) is 0 Å². The maximum absolute atomic E-state index is 12.8. The van der Waals surface area contributed by atoms with Crippen LogP contribution < -0.4 is 14.7 Å². The minimum atomic E-state index is -0.200. The van der Waals surface area contributed by atoms with Gasteiger partial charge in [-0.15, -0.1) is 0 Å². The number of Topliss-reactive ketones (excluding diaryl/α,β-unsaturated/α-hetero) is 1. The third-order valence-corrected chi connectivity index (χ3v) is 5.13. The molecule has 1 aromatic heterocycles. The van der Waals surface area contributed by atoms with Crippen molar-refractivity contribution in [1.82, 2.24) is 0 Å². The molecule has 0 fully saturated rings. The van der Waals surface area contributed by atoms with Crippen molar-refractivity contribution in [3.05, 3.63) is 52.7 Å². The summed E-state index contributed by atoms with van der Waals surface area (Å²) >= 11 is 0. The first-order valence-corrected chi connectivity index (χ1v) is 10.2. The molecule has 1 aliphatic rings. The first-order chi connectivity index (χ1) is 13.5. The molecular formula is C23H29NO4. The fourth-order valence-electron chi connectivity index (χ4n) is 3.52. The Balaban J connectivity index is 1.87. The number of benzene rings is 1. The molecule has 0 bridgehead atoms. The van der Waals surface area contributed by atoms with Gasteiger partial charge in [-0.1, -0.05) is 38.5 Å². The Labute approximate surface area is 166 Å². The number of quaternary nitrogens is 1. The summed E-state index contributed by atoms with van der Waals surface area (Å²) in [6.45, 7) is 8.81. The number of ketones is 1. The van der Waals surface area contributed by atoms with Gasteiger partial charge in [-0.2, -0.15) is 0 Å². The maximum atomic E-state index is 12.8. The molecule has 0 amide bonds. The lowest BCUT2D eigenvalue weighted by atomic mass is 10.0. The predicted octanol–water partition coefficient (Wildman–Crippen LogP) is 3.26. The van der Waals surface area contributed by atoms with E-state index in [4.69, 9.17) is 9.15 Å². The molecule has 0 atom stereocenters. The molecule has 1 aliphatic heterocycles. The predicted molar refractivity (Wildman–Crippen MR) is 106 cm³/mol. The summed E-state index contributed by atoms with van der Waals surface area (Å²) in [7, 11) is 0. The van der Waals surface area contributed by atoms with Crippen LogP contribution in [-0.2, 0) is 6.54 Å². The summed E-state index contributed by atoms with van der Waals surface area (Å²) in [5.41, 5.74) is 1.07. The van der Waals surface area contributed by atoms with E-state index in [0.29, 0.717) is 29.2 Å². The third-order valence-electron chi connectivity index (χ3n) is 5.13. The Morgan fingerprint density at radius 2 is 1.79 bits per heavy atom. The number of carbonyl (C=O) groups excluding carboxylic acids is 1. The quantitative estimate of drug-likeness (QED) is 0.675. The highest BCUT2D eigenvalue weighted by atomic mass is 16.5. The number of allylic oxidation sites excluding steroid dienone is 1. The van der Waals surface area contributed by atoms with E-state index in [0.717, 1.165) is 44.5 Å². The lowest BCUT2D eigenvalue weighted by Crippen LogP contribution is -3.10. The van der Waals surface area contributed by atoms with Crippen molar-refractivity contribution in [2.24, 2.45) is 0 Å². The number of ether oxygens (including phenoxy) is 1. The van der Waals surface area contributed by atoms with Gasteiger partial charge in [0.2, 0.25) is 5.78 Å². The monoisotopic (exact) mass is 383 g/mol. The minimum absolute atomic E-state index is 0.0628. The molecule has 0 spiro atoms. The zero-order valence-electron chi connectivity index (χ0n) is 17.0.